The lowest BCUT2D eigenvalue weighted by atomic mass is 10.1. The van der Waals surface area contributed by atoms with Crippen molar-refractivity contribution >= 4 is 32.6 Å². The molecule has 0 radical (unpaired) electrons. The fourth-order valence-corrected chi connectivity index (χ4v) is 5.38. The van der Waals surface area contributed by atoms with E-state index in [1.807, 2.05) is 6.92 Å². The second-order valence-electron chi connectivity index (χ2n) is 7.41. The Labute approximate surface area is 174 Å². The van der Waals surface area contributed by atoms with Crippen LogP contribution in [0.25, 0.3) is 11.0 Å². The van der Waals surface area contributed by atoms with E-state index in [-0.39, 0.29) is 22.1 Å². The number of rotatable bonds is 4. The number of nitrogens with one attached hydrogen (secondary N) is 1. The average Bonchev–Trinajstić information content (AvgIpc) is 2.74. The summed E-state index contributed by atoms with van der Waals surface area (Å²) in [6.45, 7) is 2.44. The molecule has 0 bridgehead atoms. The van der Waals surface area contributed by atoms with Gasteiger partial charge in [0.05, 0.1) is 10.3 Å². The number of fused-ring (bicyclic) bond motifs is 1. The van der Waals surface area contributed by atoms with Gasteiger partial charge in [0.1, 0.15) is 5.58 Å². The third-order valence-corrected chi connectivity index (χ3v) is 7.35. The van der Waals surface area contributed by atoms with Crippen LogP contribution in [0, 0.1) is 0 Å². The largest absolute Gasteiger partial charge is 0.451 e. The maximum atomic E-state index is 12.9. The molecule has 1 atom stereocenters. The summed E-state index contributed by atoms with van der Waals surface area (Å²) in [4.78, 5) is 24.9. The summed E-state index contributed by atoms with van der Waals surface area (Å²) in [6.07, 6.45) is 2.74. The number of para-hydroxylation sites is 1. The molecule has 7 nitrogen and oxygen atoms in total. The minimum atomic E-state index is -3.58. The summed E-state index contributed by atoms with van der Waals surface area (Å²) in [5.41, 5.74) is 0.424. The Bertz CT molecular complexity index is 1250. The Morgan fingerprint density at radius 1 is 1.10 bits per heavy atom. The molecule has 1 amide bonds. The number of nitrogens with zero attached hydrogens (tertiary/aromatic N) is 1. The van der Waals surface area contributed by atoms with E-state index >= 15 is 0 Å². The molecule has 2 heterocycles. The molecule has 156 valence electrons. The molecule has 8 heteroatoms. The van der Waals surface area contributed by atoms with Gasteiger partial charge in [-0.2, -0.15) is 4.31 Å². The predicted molar refractivity (Wildman–Crippen MR) is 114 cm³/mol. The van der Waals surface area contributed by atoms with Crippen molar-refractivity contribution in [3.05, 3.63) is 70.6 Å². The van der Waals surface area contributed by atoms with Crippen LogP contribution in [0.4, 0.5) is 5.69 Å². The summed E-state index contributed by atoms with van der Waals surface area (Å²) in [5.74, 6) is -0.698. The molecule has 0 unspecified atom stereocenters. The van der Waals surface area contributed by atoms with E-state index < -0.39 is 15.9 Å². The number of carbonyl (C=O) groups is 1. The van der Waals surface area contributed by atoms with Gasteiger partial charge in [-0.1, -0.05) is 18.6 Å². The van der Waals surface area contributed by atoms with Crippen LogP contribution in [0.2, 0.25) is 0 Å². The van der Waals surface area contributed by atoms with Gasteiger partial charge >= 0.3 is 0 Å². The first kappa shape index (κ1) is 20.3. The van der Waals surface area contributed by atoms with Gasteiger partial charge < -0.3 is 9.73 Å². The zero-order valence-electron chi connectivity index (χ0n) is 16.5. The van der Waals surface area contributed by atoms with Crippen molar-refractivity contribution in [2.24, 2.45) is 0 Å². The highest BCUT2D eigenvalue weighted by Crippen LogP contribution is 2.26. The van der Waals surface area contributed by atoms with Crippen molar-refractivity contribution < 1.29 is 17.6 Å². The molecule has 0 spiro atoms. The number of amides is 1. The Morgan fingerprint density at radius 3 is 2.57 bits per heavy atom. The molecule has 1 N–H and O–H groups in total. The molecule has 0 aliphatic carbocycles. The zero-order valence-corrected chi connectivity index (χ0v) is 17.3. The summed E-state index contributed by atoms with van der Waals surface area (Å²) < 4.78 is 32.9. The van der Waals surface area contributed by atoms with Gasteiger partial charge in [-0.25, -0.2) is 8.42 Å². The molecular formula is C22H22N2O5S. The van der Waals surface area contributed by atoms with Crippen LogP contribution in [-0.4, -0.2) is 31.2 Å². The molecule has 1 aromatic heterocycles. The average molecular weight is 426 g/mol. The summed E-state index contributed by atoms with van der Waals surface area (Å²) >= 11 is 0. The molecule has 4 rings (SSSR count). The van der Waals surface area contributed by atoms with E-state index in [1.165, 1.54) is 28.6 Å². The zero-order chi connectivity index (χ0) is 21.3. The monoisotopic (exact) mass is 426 g/mol. The topological polar surface area (TPSA) is 96.7 Å². The Kier molecular flexibility index (Phi) is 5.44. The van der Waals surface area contributed by atoms with Gasteiger partial charge in [-0.15, -0.1) is 0 Å². The lowest BCUT2D eigenvalue weighted by molar-refractivity contribution is 0.0997. The number of carbonyl (C=O) groups excluding carboxylic acids is 1. The molecule has 0 saturated carbocycles. The van der Waals surface area contributed by atoms with E-state index in [0.29, 0.717) is 23.2 Å². The quantitative estimate of drug-likeness (QED) is 0.687. The highest BCUT2D eigenvalue weighted by molar-refractivity contribution is 7.89. The predicted octanol–water partition coefficient (Wildman–Crippen LogP) is 3.61. The maximum Gasteiger partial charge on any atom is 0.291 e. The Morgan fingerprint density at radius 2 is 1.83 bits per heavy atom. The van der Waals surface area contributed by atoms with Crippen molar-refractivity contribution in [2.75, 3.05) is 11.9 Å². The van der Waals surface area contributed by atoms with Crippen LogP contribution in [0.15, 0.2) is 68.7 Å². The summed E-state index contributed by atoms with van der Waals surface area (Å²) in [6, 6.07) is 13.8. The van der Waals surface area contributed by atoms with E-state index in [1.54, 1.807) is 24.3 Å². The minimum absolute atomic E-state index is 0.0288. The number of benzene rings is 2. The number of hydrogen-bond donors (Lipinski definition) is 1. The fourth-order valence-electron chi connectivity index (χ4n) is 3.68. The Balaban J connectivity index is 1.54. The molecule has 1 aliphatic rings. The Hall–Kier alpha value is -2.97. The SMILES string of the molecule is C[C@H]1CCCCN1S(=O)(=O)c1ccc(NC(=O)c2cc(=O)c3ccccc3o2)cc1. The lowest BCUT2D eigenvalue weighted by Crippen LogP contribution is -2.41. The van der Waals surface area contributed by atoms with E-state index in [2.05, 4.69) is 5.32 Å². The van der Waals surface area contributed by atoms with Crippen LogP contribution in [-0.2, 0) is 10.0 Å². The highest BCUT2D eigenvalue weighted by atomic mass is 32.2. The molecule has 3 aromatic rings. The van der Waals surface area contributed by atoms with Gasteiger partial charge in [-0.05, 0) is 56.2 Å². The van der Waals surface area contributed by atoms with Crippen LogP contribution in [0.1, 0.15) is 36.7 Å². The van der Waals surface area contributed by atoms with Gasteiger partial charge in [-0.3, -0.25) is 9.59 Å². The maximum absolute atomic E-state index is 12.9. The van der Waals surface area contributed by atoms with Gasteiger partial charge in [0.15, 0.2) is 11.2 Å². The van der Waals surface area contributed by atoms with E-state index in [0.717, 1.165) is 25.3 Å². The molecule has 30 heavy (non-hydrogen) atoms. The van der Waals surface area contributed by atoms with Crippen LogP contribution in [0.5, 0.6) is 0 Å². The first-order chi connectivity index (χ1) is 14.4. The van der Waals surface area contributed by atoms with Crippen LogP contribution in [0.3, 0.4) is 0 Å². The minimum Gasteiger partial charge on any atom is -0.451 e. The van der Waals surface area contributed by atoms with Crippen molar-refractivity contribution in [1.82, 2.24) is 4.31 Å². The van der Waals surface area contributed by atoms with Crippen molar-refractivity contribution in [1.29, 1.82) is 0 Å². The van der Waals surface area contributed by atoms with Gasteiger partial charge in [0.2, 0.25) is 10.0 Å². The number of anilines is 1. The smallest absolute Gasteiger partial charge is 0.291 e. The lowest BCUT2D eigenvalue weighted by Gasteiger charge is -2.32. The summed E-state index contributed by atoms with van der Waals surface area (Å²) in [7, 11) is -3.58. The summed E-state index contributed by atoms with van der Waals surface area (Å²) in [5, 5.41) is 3.04. The molecular weight excluding hydrogens is 404 g/mol. The van der Waals surface area contributed by atoms with Crippen molar-refractivity contribution in [2.45, 2.75) is 37.1 Å². The molecule has 1 fully saturated rings. The highest BCUT2D eigenvalue weighted by Gasteiger charge is 2.30. The van der Waals surface area contributed by atoms with Crippen LogP contribution < -0.4 is 10.7 Å². The number of hydrogen-bond acceptors (Lipinski definition) is 5. The van der Waals surface area contributed by atoms with E-state index in [4.69, 9.17) is 4.42 Å². The second-order valence-corrected chi connectivity index (χ2v) is 9.30. The third kappa shape index (κ3) is 3.88. The van der Waals surface area contributed by atoms with E-state index in [9.17, 15) is 18.0 Å². The fraction of sp³-hybridized carbons (Fsp3) is 0.273. The number of sulfonamides is 1. The van der Waals surface area contributed by atoms with Crippen LogP contribution >= 0.6 is 0 Å². The number of piperidine rings is 1. The first-order valence-corrected chi connectivity index (χ1v) is 11.3. The standard InChI is InChI=1S/C22H22N2O5S/c1-15-6-4-5-13-24(15)30(27,28)17-11-9-16(10-12-17)23-22(26)21-14-19(25)18-7-2-3-8-20(18)29-21/h2-3,7-12,14-15H,4-6,13H2,1H3,(H,23,26)/t15-/m0/s1. The molecule has 1 aliphatic heterocycles. The van der Waals surface area contributed by atoms with Gasteiger partial charge in [0.25, 0.3) is 5.91 Å². The van der Waals surface area contributed by atoms with Crippen molar-refractivity contribution in [3.8, 4) is 0 Å². The molecule has 1 saturated heterocycles. The third-order valence-electron chi connectivity index (χ3n) is 5.32. The van der Waals surface area contributed by atoms with Crippen molar-refractivity contribution in [3.63, 3.8) is 0 Å². The molecule has 2 aromatic carbocycles. The second kappa shape index (κ2) is 8.04. The normalized spacial score (nSPS) is 17.7. The first-order valence-electron chi connectivity index (χ1n) is 9.82. The van der Waals surface area contributed by atoms with Gasteiger partial charge in [0, 0.05) is 24.3 Å².